The van der Waals surface area contributed by atoms with Crippen molar-refractivity contribution in [1.29, 1.82) is 0 Å². The minimum absolute atomic E-state index is 0.0190. The topological polar surface area (TPSA) is 110 Å². The second-order valence-electron chi connectivity index (χ2n) is 12.4. The SMILES string of the molecule is CCN(C(=O)C1CCC(NC(=O)CC2CCC(S(=O)(=O)CC3CC3)CC2)CC1)C1CCCC(C(=O)OC)C1. The lowest BCUT2D eigenvalue weighted by Crippen LogP contribution is -2.48. The largest absolute Gasteiger partial charge is 0.469 e. The van der Waals surface area contributed by atoms with Gasteiger partial charge < -0.3 is 15.0 Å². The van der Waals surface area contributed by atoms with Crippen LogP contribution in [0.5, 0.6) is 0 Å². The summed E-state index contributed by atoms with van der Waals surface area (Å²) in [6.45, 7) is 2.67. The summed E-state index contributed by atoms with van der Waals surface area (Å²) in [5.74, 6) is 0.979. The predicted octanol–water partition coefficient (Wildman–Crippen LogP) is 4.02. The quantitative estimate of drug-likeness (QED) is 0.410. The molecule has 0 heterocycles. The van der Waals surface area contributed by atoms with E-state index in [4.69, 9.17) is 4.74 Å². The molecule has 4 saturated carbocycles. The summed E-state index contributed by atoms with van der Waals surface area (Å²) in [6.07, 6.45) is 12.1. The van der Waals surface area contributed by atoms with Gasteiger partial charge in [0, 0.05) is 31.0 Å². The Kier molecular flexibility index (Phi) is 10.1. The number of nitrogens with zero attached hydrogens (tertiary/aromatic N) is 1. The number of amides is 2. The Morgan fingerprint density at radius 2 is 1.50 bits per heavy atom. The summed E-state index contributed by atoms with van der Waals surface area (Å²) < 4.78 is 30.1. The fourth-order valence-electron chi connectivity index (χ4n) is 7.13. The second kappa shape index (κ2) is 13.1. The van der Waals surface area contributed by atoms with Crippen molar-refractivity contribution in [2.45, 2.75) is 121 Å². The number of nitrogens with one attached hydrogen (secondary N) is 1. The van der Waals surface area contributed by atoms with E-state index in [9.17, 15) is 22.8 Å². The third-order valence-electron chi connectivity index (χ3n) is 9.63. The van der Waals surface area contributed by atoms with Gasteiger partial charge >= 0.3 is 5.97 Å². The molecule has 4 fully saturated rings. The molecule has 9 heteroatoms. The first-order valence-electron chi connectivity index (χ1n) is 15.1. The monoisotopic (exact) mass is 552 g/mol. The van der Waals surface area contributed by atoms with E-state index in [1.807, 2.05) is 11.8 Å². The fourth-order valence-corrected chi connectivity index (χ4v) is 9.39. The minimum atomic E-state index is -2.98. The number of carbonyl (C=O) groups excluding carboxylic acids is 3. The average molecular weight is 553 g/mol. The molecular formula is C29H48N2O6S. The highest BCUT2D eigenvalue weighted by atomic mass is 32.2. The number of carbonyl (C=O) groups is 3. The van der Waals surface area contributed by atoms with Crippen molar-refractivity contribution in [3.8, 4) is 0 Å². The van der Waals surface area contributed by atoms with Crippen molar-refractivity contribution < 1.29 is 27.5 Å². The smallest absolute Gasteiger partial charge is 0.308 e. The molecule has 2 amide bonds. The molecule has 2 unspecified atom stereocenters. The van der Waals surface area contributed by atoms with Crippen molar-refractivity contribution in [3.05, 3.63) is 0 Å². The van der Waals surface area contributed by atoms with Crippen molar-refractivity contribution in [1.82, 2.24) is 10.2 Å². The van der Waals surface area contributed by atoms with Gasteiger partial charge in [-0.1, -0.05) is 6.42 Å². The minimum Gasteiger partial charge on any atom is -0.469 e. The number of sulfone groups is 1. The molecule has 0 radical (unpaired) electrons. The Hall–Kier alpha value is -1.64. The standard InChI is InChI=1S/C29H48N2O6S/c1-3-31(25-6-4-5-23(18-25)29(34)37-2)28(33)22-11-13-24(14-12-22)30-27(32)17-20-9-15-26(16-10-20)38(35,36)19-21-7-8-21/h20-26H,3-19H2,1-2H3,(H,30,32). The second-order valence-corrected chi connectivity index (χ2v) is 14.7. The van der Waals surface area contributed by atoms with Crippen LogP contribution in [0.15, 0.2) is 0 Å². The van der Waals surface area contributed by atoms with E-state index < -0.39 is 9.84 Å². The van der Waals surface area contributed by atoms with Gasteiger partial charge in [-0.05, 0) is 102 Å². The summed E-state index contributed by atoms with van der Waals surface area (Å²) in [7, 11) is -1.55. The van der Waals surface area contributed by atoms with Crippen LogP contribution in [0.4, 0.5) is 0 Å². The number of esters is 1. The van der Waals surface area contributed by atoms with E-state index in [1.54, 1.807) is 0 Å². The molecule has 1 N–H and O–H groups in total. The van der Waals surface area contributed by atoms with Crippen LogP contribution in [0.25, 0.3) is 0 Å². The number of methoxy groups -OCH3 is 1. The molecule has 0 bridgehead atoms. The van der Waals surface area contributed by atoms with Crippen LogP contribution in [-0.4, -0.2) is 67.8 Å². The molecule has 4 aliphatic carbocycles. The number of ether oxygens (including phenoxy) is 1. The molecule has 2 atom stereocenters. The van der Waals surface area contributed by atoms with E-state index in [1.165, 1.54) is 7.11 Å². The van der Waals surface area contributed by atoms with E-state index >= 15 is 0 Å². The highest BCUT2D eigenvalue weighted by Crippen LogP contribution is 2.36. The van der Waals surface area contributed by atoms with Crippen LogP contribution in [0, 0.1) is 23.7 Å². The molecule has 0 aromatic heterocycles. The van der Waals surface area contributed by atoms with Crippen molar-refractivity contribution in [3.63, 3.8) is 0 Å². The maximum atomic E-state index is 13.4. The van der Waals surface area contributed by atoms with E-state index in [-0.39, 0.29) is 52.9 Å². The molecule has 0 aromatic carbocycles. The van der Waals surface area contributed by atoms with Gasteiger partial charge in [0.25, 0.3) is 0 Å². The zero-order chi connectivity index (χ0) is 27.3. The lowest BCUT2D eigenvalue weighted by molar-refractivity contribution is -0.149. The van der Waals surface area contributed by atoms with Crippen molar-refractivity contribution >= 4 is 27.6 Å². The van der Waals surface area contributed by atoms with Gasteiger partial charge in [0.15, 0.2) is 9.84 Å². The Labute approximate surface area is 228 Å². The Bertz CT molecular complexity index is 933. The summed E-state index contributed by atoms with van der Waals surface area (Å²) in [6, 6.07) is 0.205. The molecule has 8 nitrogen and oxygen atoms in total. The summed E-state index contributed by atoms with van der Waals surface area (Å²) >= 11 is 0. The Balaban J connectivity index is 1.17. The van der Waals surface area contributed by atoms with Crippen LogP contribution >= 0.6 is 0 Å². The highest BCUT2D eigenvalue weighted by molar-refractivity contribution is 7.92. The van der Waals surface area contributed by atoms with Gasteiger partial charge in [0.05, 0.1) is 24.0 Å². The molecule has 216 valence electrons. The summed E-state index contributed by atoms with van der Waals surface area (Å²) in [5, 5.41) is 2.99. The predicted molar refractivity (Wildman–Crippen MR) is 146 cm³/mol. The maximum absolute atomic E-state index is 13.4. The van der Waals surface area contributed by atoms with Crippen LogP contribution in [0.2, 0.25) is 0 Å². The lowest BCUT2D eigenvalue weighted by Gasteiger charge is -2.39. The number of hydrogen-bond acceptors (Lipinski definition) is 6. The number of hydrogen-bond donors (Lipinski definition) is 1. The first-order chi connectivity index (χ1) is 18.2. The third-order valence-corrected chi connectivity index (χ3v) is 12.1. The highest BCUT2D eigenvalue weighted by Gasteiger charge is 2.38. The lowest BCUT2D eigenvalue weighted by atomic mass is 9.82. The molecule has 4 aliphatic rings. The first kappa shape index (κ1) is 29.3. The summed E-state index contributed by atoms with van der Waals surface area (Å²) in [5.41, 5.74) is 0. The molecule has 0 saturated heterocycles. The molecule has 0 spiro atoms. The van der Waals surface area contributed by atoms with Crippen molar-refractivity contribution in [2.24, 2.45) is 23.7 Å². The molecule has 38 heavy (non-hydrogen) atoms. The van der Waals surface area contributed by atoms with Crippen LogP contribution < -0.4 is 5.32 Å². The van der Waals surface area contributed by atoms with Gasteiger partial charge in [-0.15, -0.1) is 0 Å². The zero-order valence-electron chi connectivity index (χ0n) is 23.4. The third kappa shape index (κ3) is 7.72. The van der Waals surface area contributed by atoms with Gasteiger partial charge in [-0.25, -0.2) is 8.42 Å². The van der Waals surface area contributed by atoms with E-state index in [0.29, 0.717) is 43.9 Å². The normalized spacial score (nSPS) is 32.3. The van der Waals surface area contributed by atoms with Crippen molar-refractivity contribution in [2.75, 3.05) is 19.4 Å². The zero-order valence-corrected chi connectivity index (χ0v) is 24.2. The van der Waals surface area contributed by atoms with E-state index in [0.717, 1.165) is 70.6 Å². The maximum Gasteiger partial charge on any atom is 0.308 e. The summed E-state index contributed by atoms with van der Waals surface area (Å²) in [4.78, 5) is 40.2. The Morgan fingerprint density at radius 1 is 0.842 bits per heavy atom. The van der Waals surface area contributed by atoms with Gasteiger partial charge in [0.1, 0.15) is 0 Å². The first-order valence-corrected chi connectivity index (χ1v) is 16.8. The van der Waals surface area contributed by atoms with Gasteiger partial charge in [0.2, 0.25) is 11.8 Å². The van der Waals surface area contributed by atoms with Crippen LogP contribution in [-0.2, 0) is 29.0 Å². The number of rotatable bonds is 10. The van der Waals surface area contributed by atoms with Gasteiger partial charge in [-0.2, -0.15) is 0 Å². The molecule has 0 aromatic rings. The average Bonchev–Trinajstić information content (AvgIpc) is 3.73. The Morgan fingerprint density at radius 3 is 2.11 bits per heavy atom. The molecule has 0 aliphatic heterocycles. The fraction of sp³-hybridized carbons (Fsp3) is 0.897. The molecular weight excluding hydrogens is 504 g/mol. The van der Waals surface area contributed by atoms with Gasteiger partial charge in [-0.3, -0.25) is 14.4 Å². The van der Waals surface area contributed by atoms with E-state index in [2.05, 4.69) is 5.32 Å². The van der Waals surface area contributed by atoms with Crippen LogP contribution in [0.1, 0.15) is 103 Å². The molecule has 4 rings (SSSR count). The van der Waals surface area contributed by atoms with Crippen LogP contribution in [0.3, 0.4) is 0 Å².